The molecule has 1 aliphatic carbocycles. The second-order valence-corrected chi connectivity index (χ2v) is 7.34. The van der Waals surface area contributed by atoms with Crippen LogP contribution >= 0.6 is 11.6 Å². The molecule has 0 saturated heterocycles. The van der Waals surface area contributed by atoms with Crippen LogP contribution in [0.25, 0.3) is 0 Å². The third kappa shape index (κ3) is 4.02. The zero-order chi connectivity index (χ0) is 20.3. The predicted molar refractivity (Wildman–Crippen MR) is 102 cm³/mol. The van der Waals surface area contributed by atoms with Gasteiger partial charge in [-0.05, 0) is 44.0 Å². The molecular weight excluding hydrogens is 388 g/mol. The largest absolute Gasteiger partial charge is 0.452 e. The molecule has 3 rings (SSSR count). The molecule has 7 heteroatoms. The Morgan fingerprint density at radius 2 is 1.82 bits per heavy atom. The van der Waals surface area contributed by atoms with E-state index in [2.05, 4.69) is 5.32 Å². The van der Waals surface area contributed by atoms with Crippen molar-refractivity contribution in [2.24, 2.45) is 0 Å². The maximum atomic E-state index is 14.4. The topological polar surface area (TPSA) is 55.4 Å². The van der Waals surface area contributed by atoms with E-state index in [1.807, 2.05) is 0 Å². The van der Waals surface area contributed by atoms with Gasteiger partial charge in [0.05, 0.1) is 16.1 Å². The van der Waals surface area contributed by atoms with E-state index in [0.717, 1.165) is 25.0 Å². The van der Waals surface area contributed by atoms with Crippen molar-refractivity contribution in [3.05, 3.63) is 64.7 Å². The smallest absolute Gasteiger partial charge is 0.317 e. The molecule has 148 valence electrons. The number of ether oxygens (including phenoxy) is 1. The first kappa shape index (κ1) is 20.3. The molecule has 0 heterocycles. The minimum atomic E-state index is -1.13. The number of anilines is 1. The van der Waals surface area contributed by atoms with Crippen LogP contribution < -0.4 is 5.32 Å². The summed E-state index contributed by atoms with van der Waals surface area (Å²) in [5.74, 6) is -2.22. The number of esters is 1. The Kier molecular flexibility index (Phi) is 5.98. The highest BCUT2D eigenvalue weighted by Gasteiger charge is 2.46. The second-order valence-electron chi connectivity index (χ2n) is 6.93. The standard InChI is InChI=1S/C21H20ClF2NO3/c1-13(19(26)25-18-9-8-14(23)12-16(18)22)28-20(27)21(10-4-5-11-21)15-6-2-3-7-17(15)24/h2-3,6-9,12-13H,4-5,10-11H2,1H3,(H,25,26). The molecule has 2 aromatic carbocycles. The molecule has 0 aromatic heterocycles. The molecular formula is C21H20ClF2NO3. The SMILES string of the molecule is CC(OC(=O)C1(c2ccccc2F)CCCC1)C(=O)Nc1ccc(F)cc1Cl. The van der Waals surface area contributed by atoms with Gasteiger partial charge in [0.1, 0.15) is 11.6 Å². The number of rotatable bonds is 5. The van der Waals surface area contributed by atoms with Gasteiger partial charge >= 0.3 is 5.97 Å². The van der Waals surface area contributed by atoms with E-state index in [9.17, 15) is 18.4 Å². The third-order valence-electron chi connectivity index (χ3n) is 5.08. The van der Waals surface area contributed by atoms with Gasteiger partial charge in [0.2, 0.25) is 0 Å². The summed E-state index contributed by atoms with van der Waals surface area (Å²) in [4.78, 5) is 25.3. The van der Waals surface area contributed by atoms with E-state index in [4.69, 9.17) is 16.3 Å². The summed E-state index contributed by atoms with van der Waals surface area (Å²) in [7, 11) is 0. The van der Waals surface area contributed by atoms with Crippen LogP contribution in [0.1, 0.15) is 38.2 Å². The fraction of sp³-hybridized carbons (Fsp3) is 0.333. The monoisotopic (exact) mass is 407 g/mol. The Bertz CT molecular complexity index is 897. The molecule has 1 N–H and O–H groups in total. The number of carbonyl (C=O) groups is 2. The lowest BCUT2D eigenvalue weighted by Gasteiger charge is -2.29. The van der Waals surface area contributed by atoms with Gasteiger partial charge in [-0.15, -0.1) is 0 Å². The maximum Gasteiger partial charge on any atom is 0.317 e. The molecule has 0 aliphatic heterocycles. The van der Waals surface area contributed by atoms with E-state index < -0.39 is 35.0 Å². The summed E-state index contributed by atoms with van der Waals surface area (Å²) >= 11 is 5.90. The number of nitrogens with one attached hydrogen (secondary N) is 1. The van der Waals surface area contributed by atoms with Crippen molar-refractivity contribution in [3.63, 3.8) is 0 Å². The summed E-state index contributed by atoms with van der Waals surface area (Å²) in [5.41, 5.74) is -0.583. The van der Waals surface area contributed by atoms with Crippen molar-refractivity contribution in [2.75, 3.05) is 5.32 Å². The van der Waals surface area contributed by atoms with Crippen molar-refractivity contribution >= 4 is 29.2 Å². The quantitative estimate of drug-likeness (QED) is 0.709. The number of amides is 1. The highest BCUT2D eigenvalue weighted by atomic mass is 35.5. The Hall–Kier alpha value is -2.47. The second kappa shape index (κ2) is 8.27. The highest BCUT2D eigenvalue weighted by Crippen LogP contribution is 2.43. The van der Waals surface area contributed by atoms with E-state index in [1.165, 1.54) is 19.1 Å². The van der Waals surface area contributed by atoms with Crippen molar-refractivity contribution in [1.82, 2.24) is 0 Å². The fourth-order valence-electron chi connectivity index (χ4n) is 3.56. The Balaban J connectivity index is 1.75. The van der Waals surface area contributed by atoms with Gasteiger partial charge < -0.3 is 10.1 Å². The van der Waals surface area contributed by atoms with Crippen molar-refractivity contribution in [3.8, 4) is 0 Å². The Morgan fingerprint density at radius 3 is 2.46 bits per heavy atom. The minimum absolute atomic E-state index is 0.0329. The zero-order valence-electron chi connectivity index (χ0n) is 15.3. The summed E-state index contributed by atoms with van der Waals surface area (Å²) in [5, 5.41) is 2.54. The van der Waals surface area contributed by atoms with Gasteiger partial charge in [-0.25, -0.2) is 8.78 Å². The number of benzene rings is 2. The molecule has 1 saturated carbocycles. The first-order valence-corrected chi connectivity index (χ1v) is 9.43. The van der Waals surface area contributed by atoms with E-state index in [-0.39, 0.29) is 10.7 Å². The molecule has 0 spiro atoms. The summed E-state index contributed by atoms with van der Waals surface area (Å²) < 4.78 is 32.9. The average molecular weight is 408 g/mol. The van der Waals surface area contributed by atoms with Crippen LogP contribution in [0.15, 0.2) is 42.5 Å². The normalized spacial score (nSPS) is 16.4. The lowest BCUT2D eigenvalue weighted by atomic mass is 9.78. The van der Waals surface area contributed by atoms with Gasteiger partial charge in [0.25, 0.3) is 5.91 Å². The number of carbonyl (C=O) groups excluding carboxylic acids is 2. The molecule has 4 nitrogen and oxygen atoms in total. The Labute approximate surface area is 166 Å². The van der Waals surface area contributed by atoms with E-state index >= 15 is 0 Å². The van der Waals surface area contributed by atoms with Crippen LogP contribution in [0.4, 0.5) is 14.5 Å². The van der Waals surface area contributed by atoms with Crippen LogP contribution in [0.3, 0.4) is 0 Å². The van der Waals surface area contributed by atoms with E-state index in [0.29, 0.717) is 18.4 Å². The molecule has 1 unspecified atom stereocenters. The maximum absolute atomic E-state index is 14.4. The summed E-state index contributed by atoms with van der Waals surface area (Å²) in [6.45, 7) is 1.43. The van der Waals surface area contributed by atoms with Gasteiger partial charge in [-0.3, -0.25) is 9.59 Å². The third-order valence-corrected chi connectivity index (χ3v) is 5.39. The molecule has 0 bridgehead atoms. The van der Waals surface area contributed by atoms with Crippen LogP contribution in [0, 0.1) is 11.6 Å². The molecule has 1 aliphatic rings. The highest BCUT2D eigenvalue weighted by molar-refractivity contribution is 6.33. The number of hydrogen-bond donors (Lipinski definition) is 1. The molecule has 28 heavy (non-hydrogen) atoms. The van der Waals surface area contributed by atoms with Crippen LogP contribution in [0.2, 0.25) is 5.02 Å². The molecule has 0 radical (unpaired) electrons. The lowest BCUT2D eigenvalue weighted by molar-refractivity contribution is -0.159. The van der Waals surface area contributed by atoms with Crippen LogP contribution in [-0.2, 0) is 19.7 Å². The molecule has 2 aromatic rings. The van der Waals surface area contributed by atoms with Crippen LogP contribution in [-0.4, -0.2) is 18.0 Å². The van der Waals surface area contributed by atoms with Crippen molar-refractivity contribution < 1.29 is 23.1 Å². The van der Waals surface area contributed by atoms with Gasteiger partial charge in [-0.2, -0.15) is 0 Å². The van der Waals surface area contributed by atoms with Gasteiger partial charge in [0.15, 0.2) is 6.10 Å². The molecule has 1 atom stereocenters. The number of hydrogen-bond acceptors (Lipinski definition) is 3. The molecule has 1 fully saturated rings. The van der Waals surface area contributed by atoms with Crippen molar-refractivity contribution in [2.45, 2.75) is 44.1 Å². The van der Waals surface area contributed by atoms with Crippen molar-refractivity contribution in [1.29, 1.82) is 0 Å². The zero-order valence-corrected chi connectivity index (χ0v) is 16.1. The molecule has 1 amide bonds. The van der Waals surface area contributed by atoms with Gasteiger partial charge in [0, 0.05) is 5.56 Å². The first-order chi connectivity index (χ1) is 13.3. The van der Waals surface area contributed by atoms with E-state index in [1.54, 1.807) is 18.2 Å². The van der Waals surface area contributed by atoms with Gasteiger partial charge in [-0.1, -0.05) is 42.6 Å². The summed E-state index contributed by atoms with van der Waals surface area (Å²) in [6, 6.07) is 9.69. The Morgan fingerprint density at radius 1 is 1.14 bits per heavy atom. The number of halogens is 3. The minimum Gasteiger partial charge on any atom is -0.452 e. The first-order valence-electron chi connectivity index (χ1n) is 9.05. The summed E-state index contributed by atoms with van der Waals surface area (Å²) in [6.07, 6.45) is 1.35. The average Bonchev–Trinajstić information content (AvgIpc) is 3.15. The predicted octanol–water partition coefficient (Wildman–Crippen LogP) is 5.00. The van der Waals surface area contributed by atoms with Crippen LogP contribution in [0.5, 0.6) is 0 Å². The fourth-order valence-corrected chi connectivity index (χ4v) is 3.78. The lowest BCUT2D eigenvalue weighted by Crippen LogP contribution is -2.40.